The van der Waals surface area contributed by atoms with Crippen LogP contribution in [0.5, 0.6) is 0 Å². The van der Waals surface area contributed by atoms with Gasteiger partial charge in [0.15, 0.2) is 0 Å². The van der Waals surface area contributed by atoms with Crippen molar-refractivity contribution in [2.45, 2.75) is 46.6 Å². The van der Waals surface area contributed by atoms with Gasteiger partial charge in [0.1, 0.15) is 5.78 Å². The standard InChI is InChI=1S/C22H25NO2/c1-4-12-23-13-11-21(16-22(23)25)10-7-19-5-8-20(9-6-19)15-17(2)14-18(3)24/h5-6,8-9,11,13,16-17H,4,12,14-15H2,1-3H3. The van der Waals surface area contributed by atoms with Crippen molar-refractivity contribution in [2.75, 3.05) is 0 Å². The van der Waals surface area contributed by atoms with Crippen LogP contribution >= 0.6 is 0 Å². The van der Waals surface area contributed by atoms with Gasteiger partial charge in [-0.1, -0.05) is 37.8 Å². The second kappa shape index (κ2) is 9.03. The van der Waals surface area contributed by atoms with Gasteiger partial charge >= 0.3 is 0 Å². The molecule has 0 spiro atoms. The van der Waals surface area contributed by atoms with Crippen molar-refractivity contribution in [3.05, 3.63) is 69.6 Å². The third kappa shape index (κ3) is 6.08. The summed E-state index contributed by atoms with van der Waals surface area (Å²) in [6.07, 6.45) is 4.24. The Labute approximate surface area is 149 Å². The van der Waals surface area contributed by atoms with Crippen LogP contribution in [-0.2, 0) is 17.8 Å². The Hall–Kier alpha value is -2.60. The molecular weight excluding hydrogens is 310 g/mol. The van der Waals surface area contributed by atoms with Gasteiger partial charge in [0.25, 0.3) is 5.56 Å². The van der Waals surface area contributed by atoms with E-state index in [1.165, 1.54) is 5.56 Å². The summed E-state index contributed by atoms with van der Waals surface area (Å²) in [4.78, 5) is 23.1. The Morgan fingerprint density at radius 1 is 1.12 bits per heavy atom. The van der Waals surface area contributed by atoms with Crippen molar-refractivity contribution in [2.24, 2.45) is 5.92 Å². The zero-order valence-electron chi connectivity index (χ0n) is 15.2. The van der Waals surface area contributed by atoms with E-state index < -0.39 is 0 Å². The van der Waals surface area contributed by atoms with Gasteiger partial charge in [0.2, 0.25) is 0 Å². The molecule has 1 heterocycles. The maximum absolute atomic E-state index is 11.9. The van der Waals surface area contributed by atoms with Crippen molar-refractivity contribution >= 4 is 5.78 Å². The minimum atomic E-state index is -0.0107. The fourth-order valence-corrected chi connectivity index (χ4v) is 2.84. The Morgan fingerprint density at radius 3 is 2.40 bits per heavy atom. The molecule has 0 aliphatic heterocycles. The maximum atomic E-state index is 11.9. The zero-order chi connectivity index (χ0) is 18.2. The van der Waals surface area contributed by atoms with E-state index in [2.05, 4.69) is 30.9 Å². The van der Waals surface area contributed by atoms with Crippen LogP contribution in [0.4, 0.5) is 0 Å². The quantitative estimate of drug-likeness (QED) is 0.753. The molecule has 1 atom stereocenters. The number of aryl methyl sites for hydroxylation is 1. The highest BCUT2D eigenvalue weighted by atomic mass is 16.1. The summed E-state index contributed by atoms with van der Waals surface area (Å²) >= 11 is 0. The Kier molecular flexibility index (Phi) is 6.77. The van der Waals surface area contributed by atoms with Crippen LogP contribution < -0.4 is 5.56 Å². The van der Waals surface area contributed by atoms with Crippen molar-refractivity contribution < 1.29 is 4.79 Å². The van der Waals surface area contributed by atoms with Gasteiger partial charge in [-0.3, -0.25) is 4.79 Å². The number of hydrogen-bond acceptors (Lipinski definition) is 2. The SMILES string of the molecule is CCCn1ccc(C#Cc2ccc(CC(C)CC(C)=O)cc2)cc1=O. The molecule has 1 aromatic heterocycles. The summed E-state index contributed by atoms with van der Waals surface area (Å²) in [5.74, 6) is 6.73. The van der Waals surface area contributed by atoms with Crippen molar-refractivity contribution in [3.8, 4) is 11.8 Å². The lowest BCUT2D eigenvalue weighted by Crippen LogP contribution is -2.18. The van der Waals surface area contributed by atoms with Crippen LogP contribution in [0, 0.1) is 17.8 Å². The minimum absolute atomic E-state index is 0.0107. The minimum Gasteiger partial charge on any atom is -0.315 e. The van der Waals surface area contributed by atoms with Crippen LogP contribution in [0.15, 0.2) is 47.4 Å². The molecule has 0 radical (unpaired) electrons. The largest absolute Gasteiger partial charge is 0.315 e. The molecule has 0 fully saturated rings. The second-order valence-corrected chi connectivity index (χ2v) is 6.61. The summed E-state index contributed by atoms with van der Waals surface area (Å²) < 4.78 is 1.70. The number of carbonyl (C=O) groups is 1. The summed E-state index contributed by atoms with van der Waals surface area (Å²) in [7, 11) is 0. The molecule has 0 amide bonds. The van der Waals surface area contributed by atoms with Crippen LogP contribution in [0.2, 0.25) is 0 Å². The Morgan fingerprint density at radius 2 is 1.80 bits per heavy atom. The van der Waals surface area contributed by atoms with Gasteiger partial charge in [0, 0.05) is 36.4 Å². The summed E-state index contributed by atoms with van der Waals surface area (Å²) in [6.45, 7) is 6.51. The number of nitrogens with zero attached hydrogens (tertiary/aromatic N) is 1. The normalized spacial score (nSPS) is 11.5. The van der Waals surface area contributed by atoms with Crippen LogP contribution in [0.25, 0.3) is 0 Å². The van der Waals surface area contributed by atoms with Gasteiger partial charge < -0.3 is 9.36 Å². The molecule has 3 heteroatoms. The number of Topliss-reactive ketones (excluding diaryl/α,β-unsaturated/α-hetero) is 1. The molecule has 1 unspecified atom stereocenters. The summed E-state index contributed by atoms with van der Waals surface area (Å²) in [5.41, 5.74) is 2.85. The second-order valence-electron chi connectivity index (χ2n) is 6.61. The first-order valence-electron chi connectivity index (χ1n) is 8.79. The predicted octanol–water partition coefficient (Wildman–Crippen LogP) is 3.82. The van der Waals surface area contributed by atoms with E-state index in [9.17, 15) is 9.59 Å². The smallest absolute Gasteiger partial charge is 0.251 e. The molecule has 130 valence electrons. The van der Waals surface area contributed by atoms with Gasteiger partial charge in [-0.05, 0) is 49.4 Å². The van der Waals surface area contributed by atoms with Crippen molar-refractivity contribution in [3.63, 3.8) is 0 Å². The molecule has 0 saturated carbocycles. The molecule has 0 bridgehead atoms. The van der Waals surface area contributed by atoms with E-state index in [1.54, 1.807) is 23.8 Å². The molecular formula is C22H25NO2. The fraction of sp³-hybridized carbons (Fsp3) is 0.364. The van der Waals surface area contributed by atoms with Crippen molar-refractivity contribution in [1.82, 2.24) is 4.57 Å². The monoisotopic (exact) mass is 335 g/mol. The van der Waals surface area contributed by atoms with E-state index in [0.29, 0.717) is 12.3 Å². The van der Waals surface area contributed by atoms with Crippen LogP contribution in [-0.4, -0.2) is 10.4 Å². The molecule has 3 nitrogen and oxygen atoms in total. The average Bonchev–Trinajstić information content (AvgIpc) is 2.56. The molecule has 2 aromatic rings. The maximum Gasteiger partial charge on any atom is 0.251 e. The highest BCUT2D eigenvalue weighted by Gasteiger charge is 2.06. The fourth-order valence-electron chi connectivity index (χ4n) is 2.84. The zero-order valence-corrected chi connectivity index (χ0v) is 15.2. The van der Waals surface area contributed by atoms with Gasteiger partial charge in [0.05, 0.1) is 0 Å². The molecule has 25 heavy (non-hydrogen) atoms. The summed E-state index contributed by atoms with van der Waals surface area (Å²) in [6, 6.07) is 11.5. The lowest BCUT2D eigenvalue weighted by molar-refractivity contribution is -0.117. The average molecular weight is 335 g/mol. The third-order valence-electron chi connectivity index (χ3n) is 3.99. The lowest BCUT2D eigenvalue weighted by atomic mass is 9.96. The number of hydrogen-bond donors (Lipinski definition) is 0. The first kappa shape index (κ1) is 18.7. The number of carbonyl (C=O) groups excluding carboxylic acids is 1. The number of pyridine rings is 1. The molecule has 2 rings (SSSR count). The molecule has 0 aliphatic carbocycles. The Bertz CT molecular complexity index is 835. The highest BCUT2D eigenvalue weighted by molar-refractivity contribution is 5.75. The first-order valence-corrected chi connectivity index (χ1v) is 8.79. The van der Waals surface area contributed by atoms with Crippen LogP contribution in [0.1, 0.15) is 50.3 Å². The number of aromatic nitrogens is 1. The molecule has 0 saturated heterocycles. The van der Waals surface area contributed by atoms with Gasteiger partial charge in [-0.15, -0.1) is 0 Å². The molecule has 1 aromatic carbocycles. The number of benzene rings is 1. The topological polar surface area (TPSA) is 39.1 Å². The van der Waals surface area contributed by atoms with E-state index in [-0.39, 0.29) is 11.3 Å². The van der Waals surface area contributed by atoms with Gasteiger partial charge in [-0.25, -0.2) is 0 Å². The number of rotatable bonds is 6. The lowest BCUT2D eigenvalue weighted by Gasteiger charge is -2.09. The van der Waals surface area contributed by atoms with E-state index in [4.69, 9.17) is 0 Å². The molecule has 0 aliphatic rings. The Balaban J connectivity index is 2.04. The van der Waals surface area contributed by atoms with E-state index in [1.807, 2.05) is 25.1 Å². The first-order chi connectivity index (χ1) is 12.0. The summed E-state index contributed by atoms with van der Waals surface area (Å²) in [5, 5.41) is 0. The van der Waals surface area contributed by atoms with Crippen molar-refractivity contribution in [1.29, 1.82) is 0 Å². The van der Waals surface area contributed by atoms with Gasteiger partial charge in [-0.2, -0.15) is 0 Å². The highest BCUT2D eigenvalue weighted by Crippen LogP contribution is 2.13. The van der Waals surface area contributed by atoms with Crippen LogP contribution in [0.3, 0.4) is 0 Å². The third-order valence-corrected chi connectivity index (χ3v) is 3.99. The van der Waals surface area contributed by atoms with E-state index >= 15 is 0 Å². The number of ketones is 1. The predicted molar refractivity (Wildman–Crippen MR) is 102 cm³/mol. The van der Waals surface area contributed by atoms with E-state index in [0.717, 1.165) is 30.5 Å². The molecule has 0 N–H and O–H groups in total.